The molecule has 2 N–H and O–H groups in total. The second-order valence-corrected chi connectivity index (χ2v) is 3.72. The van der Waals surface area contributed by atoms with Crippen LogP contribution < -0.4 is 15.2 Å². The smallest absolute Gasteiger partial charge is 0.224 e. The zero-order chi connectivity index (χ0) is 13.0. The molecule has 1 aromatic heterocycles. The van der Waals surface area contributed by atoms with E-state index in [0.717, 1.165) is 11.4 Å². The lowest BCUT2D eigenvalue weighted by molar-refractivity contribution is 0.338. The van der Waals surface area contributed by atoms with Gasteiger partial charge in [0.15, 0.2) is 0 Å². The maximum absolute atomic E-state index is 5.62. The number of ether oxygens (including phenoxy) is 2. The third kappa shape index (κ3) is 3.10. The van der Waals surface area contributed by atoms with Crippen molar-refractivity contribution in [3.8, 4) is 17.4 Å². The highest BCUT2D eigenvalue weighted by molar-refractivity contribution is 5.36. The van der Waals surface area contributed by atoms with Crippen LogP contribution in [0.25, 0.3) is 0 Å². The van der Waals surface area contributed by atoms with Crippen molar-refractivity contribution in [3.63, 3.8) is 0 Å². The van der Waals surface area contributed by atoms with Crippen molar-refractivity contribution >= 4 is 5.95 Å². The van der Waals surface area contributed by atoms with Crippen LogP contribution in [-0.2, 0) is 0 Å². The van der Waals surface area contributed by atoms with Gasteiger partial charge in [0.2, 0.25) is 11.8 Å². The summed E-state index contributed by atoms with van der Waals surface area (Å²) in [7, 11) is 0. The third-order valence-corrected chi connectivity index (χ3v) is 2.19. The summed E-state index contributed by atoms with van der Waals surface area (Å²) in [5.41, 5.74) is 6.33. The van der Waals surface area contributed by atoms with E-state index in [1.165, 1.54) is 0 Å². The molecule has 0 saturated carbocycles. The maximum atomic E-state index is 5.62. The van der Waals surface area contributed by atoms with Gasteiger partial charge < -0.3 is 15.2 Å². The van der Waals surface area contributed by atoms with Crippen LogP contribution in [0.1, 0.15) is 12.6 Å². The molecule has 0 radical (unpaired) electrons. The minimum Gasteiger partial charge on any atom is -0.494 e. The zero-order valence-corrected chi connectivity index (χ0v) is 10.4. The minimum absolute atomic E-state index is 0.200. The summed E-state index contributed by atoms with van der Waals surface area (Å²) < 4.78 is 11.0. The molecule has 5 heteroatoms. The van der Waals surface area contributed by atoms with Crippen LogP contribution in [0.15, 0.2) is 30.3 Å². The molecule has 0 aliphatic heterocycles. The van der Waals surface area contributed by atoms with E-state index < -0.39 is 0 Å². The molecular weight excluding hydrogens is 230 g/mol. The summed E-state index contributed by atoms with van der Waals surface area (Å²) in [6, 6.07) is 9.09. The fraction of sp³-hybridized carbons (Fsp3) is 0.231. The van der Waals surface area contributed by atoms with E-state index in [-0.39, 0.29) is 5.95 Å². The second-order valence-electron chi connectivity index (χ2n) is 3.72. The first-order valence-corrected chi connectivity index (χ1v) is 5.69. The zero-order valence-electron chi connectivity index (χ0n) is 10.4. The van der Waals surface area contributed by atoms with Gasteiger partial charge in [0.25, 0.3) is 0 Å². The maximum Gasteiger partial charge on any atom is 0.224 e. The topological polar surface area (TPSA) is 70.3 Å². The molecule has 1 heterocycles. The highest BCUT2D eigenvalue weighted by Gasteiger charge is 2.03. The van der Waals surface area contributed by atoms with Crippen LogP contribution in [-0.4, -0.2) is 16.6 Å². The van der Waals surface area contributed by atoms with Crippen LogP contribution in [0.2, 0.25) is 0 Å². The van der Waals surface area contributed by atoms with Gasteiger partial charge in [-0.2, -0.15) is 4.98 Å². The van der Waals surface area contributed by atoms with Crippen molar-refractivity contribution in [2.45, 2.75) is 13.8 Å². The lowest BCUT2D eigenvalue weighted by atomic mass is 10.3. The highest BCUT2D eigenvalue weighted by Crippen LogP contribution is 2.24. The monoisotopic (exact) mass is 245 g/mol. The summed E-state index contributed by atoms with van der Waals surface area (Å²) >= 11 is 0. The molecule has 5 nitrogen and oxygen atoms in total. The van der Waals surface area contributed by atoms with Gasteiger partial charge in [0.1, 0.15) is 11.5 Å². The number of rotatable bonds is 4. The van der Waals surface area contributed by atoms with Crippen LogP contribution >= 0.6 is 0 Å². The van der Waals surface area contributed by atoms with Gasteiger partial charge in [-0.25, -0.2) is 4.98 Å². The average molecular weight is 245 g/mol. The van der Waals surface area contributed by atoms with Crippen molar-refractivity contribution in [1.82, 2.24) is 9.97 Å². The average Bonchev–Trinajstić information content (AvgIpc) is 2.28. The van der Waals surface area contributed by atoms with E-state index in [0.29, 0.717) is 18.2 Å². The molecule has 18 heavy (non-hydrogen) atoms. The normalized spacial score (nSPS) is 10.1. The van der Waals surface area contributed by atoms with Crippen molar-refractivity contribution in [3.05, 3.63) is 36.0 Å². The molecule has 0 saturated heterocycles. The first-order valence-electron chi connectivity index (χ1n) is 5.69. The Kier molecular flexibility index (Phi) is 3.62. The molecule has 0 unspecified atom stereocenters. The summed E-state index contributed by atoms with van der Waals surface area (Å²) in [6.07, 6.45) is 0. The molecular formula is C13H15N3O2. The fourth-order valence-corrected chi connectivity index (χ4v) is 1.53. The number of benzene rings is 1. The quantitative estimate of drug-likeness (QED) is 0.896. The van der Waals surface area contributed by atoms with Crippen LogP contribution in [0.5, 0.6) is 17.4 Å². The molecule has 0 aliphatic carbocycles. The molecule has 1 aromatic carbocycles. The Morgan fingerprint density at radius 3 is 2.67 bits per heavy atom. The molecule has 2 rings (SSSR count). The fourth-order valence-electron chi connectivity index (χ4n) is 1.53. The van der Waals surface area contributed by atoms with Gasteiger partial charge in [-0.1, -0.05) is 6.07 Å². The molecule has 0 spiro atoms. The van der Waals surface area contributed by atoms with Crippen molar-refractivity contribution in [1.29, 1.82) is 0 Å². The lowest BCUT2D eigenvalue weighted by Gasteiger charge is -2.08. The molecule has 0 fully saturated rings. The Morgan fingerprint density at radius 1 is 1.17 bits per heavy atom. The van der Waals surface area contributed by atoms with Gasteiger partial charge in [-0.05, 0) is 26.0 Å². The SMILES string of the molecule is CCOc1cccc(Oc2cc(C)nc(N)n2)c1. The number of hydrogen-bond donors (Lipinski definition) is 1. The number of hydrogen-bond acceptors (Lipinski definition) is 5. The van der Waals surface area contributed by atoms with Crippen molar-refractivity contribution in [2.75, 3.05) is 12.3 Å². The molecule has 0 aliphatic rings. The third-order valence-electron chi connectivity index (χ3n) is 2.19. The Hall–Kier alpha value is -2.30. The van der Waals surface area contributed by atoms with Crippen LogP contribution in [0, 0.1) is 6.92 Å². The highest BCUT2D eigenvalue weighted by atomic mass is 16.5. The van der Waals surface area contributed by atoms with E-state index in [4.69, 9.17) is 15.2 Å². The molecule has 0 bridgehead atoms. The summed E-state index contributed by atoms with van der Waals surface area (Å²) in [5, 5.41) is 0. The number of nitrogen functional groups attached to an aromatic ring is 1. The van der Waals surface area contributed by atoms with E-state index in [1.807, 2.05) is 32.0 Å². The summed E-state index contributed by atoms with van der Waals surface area (Å²) in [5.74, 6) is 2.03. The molecule has 2 aromatic rings. The van der Waals surface area contributed by atoms with Gasteiger partial charge in [-0.15, -0.1) is 0 Å². The van der Waals surface area contributed by atoms with Gasteiger partial charge in [0, 0.05) is 17.8 Å². The van der Waals surface area contributed by atoms with Crippen molar-refractivity contribution in [2.24, 2.45) is 0 Å². The van der Waals surface area contributed by atoms with Gasteiger partial charge >= 0.3 is 0 Å². The Balaban J connectivity index is 2.20. The molecule has 0 atom stereocenters. The van der Waals surface area contributed by atoms with Crippen LogP contribution in [0.4, 0.5) is 5.95 Å². The molecule has 0 amide bonds. The predicted octanol–water partition coefficient (Wildman–Crippen LogP) is 2.56. The standard InChI is InChI=1S/C13H15N3O2/c1-3-17-10-5-4-6-11(8-10)18-12-7-9(2)15-13(14)16-12/h4-8H,3H2,1-2H3,(H2,14,15,16). The number of aryl methyl sites for hydroxylation is 1. The number of anilines is 1. The number of nitrogens with zero attached hydrogens (tertiary/aromatic N) is 2. The first-order chi connectivity index (χ1) is 8.67. The minimum atomic E-state index is 0.200. The Bertz CT molecular complexity index is 523. The van der Waals surface area contributed by atoms with E-state index in [2.05, 4.69) is 9.97 Å². The van der Waals surface area contributed by atoms with Crippen LogP contribution in [0.3, 0.4) is 0 Å². The Morgan fingerprint density at radius 2 is 1.94 bits per heavy atom. The predicted molar refractivity (Wildman–Crippen MR) is 68.9 cm³/mol. The largest absolute Gasteiger partial charge is 0.494 e. The second kappa shape index (κ2) is 5.35. The summed E-state index contributed by atoms with van der Waals surface area (Å²) in [4.78, 5) is 7.99. The first kappa shape index (κ1) is 12.2. The number of aromatic nitrogens is 2. The summed E-state index contributed by atoms with van der Waals surface area (Å²) in [6.45, 7) is 4.38. The van der Waals surface area contributed by atoms with E-state index >= 15 is 0 Å². The van der Waals surface area contributed by atoms with Gasteiger partial charge in [-0.3, -0.25) is 0 Å². The van der Waals surface area contributed by atoms with E-state index in [9.17, 15) is 0 Å². The number of nitrogens with two attached hydrogens (primary N) is 1. The Labute approximate surface area is 106 Å². The van der Waals surface area contributed by atoms with Gasteiger partial charge in [0.05, 0.1) is 6.61 Å². The molecule has 94 valence electrons. The van der Waals surface area contributed by atoms with E-state index in [1.54, 1.807) is 12.1 Å². The lowest BCUT2D eigenvalue weighted by Crippen LogP contribution is -1.99. The van der Waals surface area contributed by atoms with Crippen molar-refractivity contribution < 1.29 is 9.47 Å².